The van der Waals surface area contributed by atoms with Gasteiger partial charge in [-0.05, 0) is 19.4 Å². The second-order valence-electron chi connectivity index (χ2n) is 3.67. The predicted molar refractivity (Wildman–Crippen MR) is 65.1 cm³/mol. The van der Waals surface area contributed by atoms with Gasteiger partial charge < -0.3 is 15.4 Å². The summed E-state index contributed by atoms with van der Waals surface area (Å²) in [5, 5.41) is 15.7. The lowest BCUT2D eigenvalue weighted by Crippen LogP contribution is -2.13. The number of carboxylic acid groups (broad SMARTS) is 1. The Balaban J connectivity index is 2.33. The molecule has 94 valence electrons. The summed E-state index contributed by atoms with van der Waals surface area (Å²) in [5.41, 5.74) is 1.29. The maximum atomic E-state index is 12.0. The average Bonchev–Trinajstić information content (AvgIpc) is 2.86. The van der Waals surface area contributed by atoms with Crippen LogP contribution in [0.15, 0.2) is 6.20 Å². The van der Waals surface area contributed by atoms with E-state index in [-0.39, 0.29) is 11.6 Å². The molecule has 0 bridgehead atoms. The fourth-order valence-electron chi connectivity index (χ4n) is 1.70. The van der Waals surface area contributed by atoms with Crippen molar-refractivity contribution in [3.05, 3.63) is 28.7 Å². The van der Waals surface area contributed by atoms with Gasteiger partial charge in [-0.3, -0.25) is 4.79 Å². The van der Waals surface area contributed by atoms with Gasteiger partial charge >= 0.3 is 5.97 Å². The summed E-state index contributed by atoms with van der Waals surface area (Å²) in [7, 11) is 0. The molecule has 0 unspecified atom stereocenters. The van der Waals surface area contributed by atoms with Crippen molar-refractivity contribution >= 4 is 28.4 Å². The van der Waals surface area contributed by atoms with Gasteiger partial charge in [-0.1, -0.05) is 4.49 Å². The van der Waals surface area contributed by atoms with E-state index in [1.165, 1.54) is 6.20 Å². The molecule has 0 fully saturated rings. The van der Waals surface area contributed by atoms with Crippen molar-refractivity contribution in [3.63, 3.8) is 0 Å². The van der Waals surface area contributed by atoms with Crippen LogP contribution in [0, 0.1) is 13.8 Å². The van der Waals surface area contributed by atoms with Gasteiger partial charge in [0.05, 0.1) is 11.8 Å². The maximum Gasteiger partial charge on any atom is 0.352 e. The Morgan fingerprint density at radius 2 is 2.17 bits per heavy atom. The number of aryl methyl sites for hydroxylation is 1. The lowest BCUT2D eigenvalue weighted by atomic mass is 10.1. The van der Waals surface area contributed by atoms with Crippen LogP contribution < -0.4 is 5.32 Å². The molecule has 0 radical (unpaired) electrons. The van der Waals surface area contributed by atoms with Gasteiger partial charge in [0.2, 0.25) is 0 Å². The highest BCUT2D eigenvalue weighted by atomic mass is 32.1. The van der Waals surface area contributed by atoms with E-state index >= 15 is 0 Å². The van der Waals surface area contributed by atoms with Gasteiger partial charge in [-0.2, -0.15) is 0 Å². The number of H-pyrrole nitrogens is 1. The normalized spacial score (nSPS) is 10.3. The van der Waals surface area contributed by atoms with Gasteiger partial charge in [-0.25, -0.2) is 4.79 Å². The Morgan fingerprint density at radius 1 is 1.44 bits per heavy atom. The van der Waals surface area contributed by atoms with Gasteiger partial charge in [0, 0.05) is 17.2 Å². The first kappa shape index (κ1) is 12.2. The summed E-state index contributed by atoms with van der Waals surface area (Å²) in [5.74, 6) is -1.46. The van der Waals surface area contributed by atoms with Crippen LogP contribution in [0.4, 0.5) is 5.00 Å². The van der Waals surface area contributed by atoms with Crippen LogP contribution in [0.5, 0.6) is 0 Å². The average molecular weight is 266 g/mol. The molecule has 2 aromatic heterocycles. The van der Waals surface area contributed by atoms with Crippen molar-refractivity contribution in [2.45, 2.75) is 13.8 Å². The summed E-state index contributed by atoms with van der Waals surface area (Å²) < 4.78 is 3.62. The van der Waals surface area contributed by atoms with Crippen molar-refractivity contribution in [1.82, 2.24) is 14.6 Å². The number of rotatable bonds is 3. The molecule has 7 nitrogen and oxygen atoms in total. The van der Waals surface area contributed by atoms with Gasteiger partial charge in [0.1, 0.15) is 10.7 Å². The molecule has 2 heterocycles. The summed E-state index contributed by atoms with van der Waals surface area (Å²) in [6, 6.07) is 0. The van der Waals surface area contributed by atoms with E-state index in [0.29, 0.717) is 21.8 Å². The van der Waals surface area contributed by atoms with Crippen LogP contribution in [0.25, 0.3) is 0 Å². The zero-order valence-electron chi connectivity index (χ0n) is 9.64. The van der Waals surface area contributed by atoms with Crippen LogP contribution >= 0.6 is 11.5 Å². The molecule has 0 aliphatic rings. The third kappa shape index (κ3) is 2.09. The highest BCUT2D eigenvalue weighted by Gasteiger charge is 2.21. The Hall–Kier alpha value is -2.22. The van der Waals surface area contributed by atoms with E-state index in [0.717, 1.165) is 11.5 Å². The molecule has 2 rings (SSSR count). The third-order valence-electron chi connectivity index (χ3n) is 2.48. The quantitative estimate of drug-likeness (QED) is 0.778. The minimum absolute atomic E-state index is 0.0279. The number of anilines is 1. The standard InChI is InChI=1S/C10H10N4O3S/c1-4-7(5(2)12-8(4)10(16)17)9(15)13-6-3-11-14-18-6/h3,12H,1-2H3,(H,13,15)(H,16,17). The van der Waals surface area contributed by atoms with Crippen LogP contribution in [-0.2, 0) is 0 Å². The van der Waals surface area contributed by atoms with Crippen molar-refractivity contribution in [1.29, 1.82) is 0 Å². The molecule has 0 aliphatic carbocycles. The number of aromatic amines is 1. The number of hydrogen-bond acceptors (Lipinski definition) is 5. The molecule has 0 spiro atoms. The number of carbonyl (C=O) groups is 2. The molecule has 1 amide bonds. The van der Waals surface area contributed by atoms with E-state index in [9.17, 15) is 9.59 Å². The number of nitrogens with zero attached hydrogens (tertiary/aromatic N) is 2. The fraction of sp³-hybridized carbons (Fsp3) is 0.200. The topological polar surface area (TPSA) is 108 Å². The molecule has 3 N–H and O–H groups in total. The zero-order chi connectivity index (χ0) is 13.3. The summed E-state index contributed by atoms with van der Waals surface area (Å²) in [6.45, 7) is 3.24. The van der Waals surface area contributed by atoms with Crippen molar-refractivity contribution in [2.24, 2.45) is 0 Å². The number of aromatic carboxylic acids is 1. The van der Waals surface area contributed by atoms with E-state index in [2.05, 4.69) is 19.9 Å². The van der Waals surface area contributed by atoms with Gasteiger partial charge in [-0.15, -0.1) is 5.10 Å². The molecule has 18 heavy (non-hydrogen) atoms. The van der Waals surface area contributed by atoms with Gasteiger partial charge in [0.15, 0.2) is 0 Å². The maximum absolute atomic E-state index is 12.0. The van der Waals surface area contributed by atoms with Crippen LogP contribution in [-0.4, -0.2) is 31.6 Å². The Morgan fingerprint density at radius 3 is 2.67 bits per heavy atom. The molecule has 0 atom stereocenters. The number of hydrogen-bond donors (Lipinski definition) is 3. The second kappa shape index (κ2) is 4.57. The number of aromatic nitrogens is 3. The number of carbonyl (C=O) groups excluding carboxylic acids is 1. The fourth-order valence-corrected chi connectivity index (χ4v) is 2.12. The van der Waals surface area contributed by atoms with Crippen LogP contribution in [0.3, 0.4) is 0 Å². The van der Waals surface area contributed by atoms with Crippen LogP contribution in [0.2, 0.25) is 0 Å². The minimum Gasteiger partial charge on any atom is -0.477 e. The van der Waals surface area contributed by atoms with Crippen molar-refractivity contribution in [2.75, 3.05) is 5.32 Å². The smallest absolute Gasteiger partial charge is 0.352 e. The molecular weight excluding hydrogens is 256 g/mol. The molecule has 0 saturated carbocycles. The molecule has 8 heteroatoms. The van der Waals surface area contributed by atoms with E-state index < -0.39 is 5.97 Å². The molecular formula is C10H10N4O3S. The van der Waals surface area contributed by atoms with Crippen molar-refractivity contribution < 1.29 is 14.7 Å². The number of carboxylic acids is 1. The predicted octanol–water partition coefficient (Wildman–Crippen LogP) is 1.43. The van der Waals surface area contributed by atoms with E-state index in [4.69, 9.17) is 5.11 Å². The summed E-state index contributed by atoms with van der Waals surface area (Å²) in [4.78, 5) is 25.6. The lowest BCUT2D eigenvalue weighted by Gasteiger charge is -2.02. The molecule has 0 saturated heterocycles. The first-order valence-electron chi connectivity index (χ1n) is 5.02. The summed E-state index contributed by atoms with van der Waals surface area (Å²) in [6.07, 6.45) is 1.43. The van der Waals surface area contributed by atoms with Crippen molar-refractivity contribution in [3.8, 4) is 0 Å². The molecule has 0 aliphatic heterocycles. The first-order valence-corrected chi connectivity index (χ1v) is 5.79. The first-order chi connectivity index (χ1) is 8.50. The Bertz CT molecular complexity index is 603. The second-order valence-corrected chi connectivity index (χ2v) is 4.45. The Kier molecular flexibility index (Phi) is 3.11. The monoisotopic (exact) mass is 266 g/mol. The molecule has 0 aromatic carbocycles. The largest absolute Gasteiger partial charge is 0.477 e. The zero-order valence-corrected chi connectivity index (χ0v) is 10.5. The highest BCUT2D eigenvalue weighted by Crippen LogP contribution is 2.20. The van der Waals surface area contributed by atoms with E-state index in [1.54, 1.807) is 13.8 Å². The SMILES string of the molecule is Cc1[nH]c(C(=O)O)c(C)c1C(=O)Nc1cnns1. The van der Waals surface area contributed by atoms with Crippen LogP contribution in [0.1, 0.15) is 32.1 Å². The molecule has 2 aromatic rings. The number of amides is 1. The lowest BCUT2D eigenvalue weighted by molar-refractivity contribution is 0.0690. The highest BCUT2D eigenvalue weighted by molar-refractivity contribution is 7.10. The van der Waals surface area contributed by atoms with E-state index in [1.807, 2.05) is 0 Å². The number of nitrogens with one attached hydrogen (secondary N) is 2. The van der Waals surface area contributed by atoms with Gasteiger partial charge in [0.25, 0.3) is 5.91 Å². The Labute approximate surface area is 106 Å². The minimum atomic E-state index is -1.09. The summed E-state index contributed by atoms with van der Waals surface area (Å²) >= 11 is 1.05. The third-order valence-corrected chi connectivity index (χ3v) is 3.06.